The number of unbranched alkanes of at least 4 members (excludes halogenated alkanes) is 12. The largest absolute Gasteiger partial charge is 0.507 e. The molecule has 0 saturated carbocycles. The fraction of sp³-hybridized carbons (Fsp3) is 0.517. The van der Waals surface area contributed by atoms with Crippen LogP contribution in [-0.4, -0.2) is 5.11 Å². The van der Waals surface area contributed by atoms with Crippen LogP contribution in [-0.2, 0) is 6.42 Å². The maximum absolute atomic E-state index is 10.3. The van der Waals surface area contributed by atoms with Crippen molar-refractivity contribution in [3.63, 3.8) is 0 Å². The molecule has 1 nitrogen and oxygen atoms in total. The molecule has 0 bridgehead atoms. The molecule has 0 heterocycles. The van der Waals surface area contributed by atoms with Gasteiger partial charge in [-0.1, -0.05) is 120 Å². The minimum absolute atomic E-state index is 0.297. The van der Waals surface area contributed by atoms with Crippen LogP contribution < -0.4 is 0 Å². The van der Waals surface area contributed by atoms with E-state index in [1.807, 2.05) is 42.5 Å². The number of phenolic OH excluding ortho intramolecular Hbond substituents is 1. The van der Waals surface area contributed by atoms with Crippen LogP contribution in [0.4, 0.5) is 0 Å². The monoisotopic (exact) mass is 404 g/mol. The number of hydrogen-bond acceptors (Lipinski definition) is 1. The number of benzene rings is 2. The zero-order valence-corrected chi connectivity index (χ0v) is 19.0. The third kappa shape index (κ3) is 10.5. The maximum Gasteiger partial charge on any atom is 0.131 e. The lowest BCUT2D eigenvalue weighted by Gasteiger charge is -2.05. The van der Waals surface area contributed by atoms with Crippen molar-refractivity contribution >= 4 is 0 Å². The lowest BCUT2D eigenvalue weighted by Crippen LogP contribution is -1.88. The molecule has 0 saturated heterocycles. The van der Waals surface area contributed by atoms with Gasteiger partial charge in [-0.2, -0.15) is 0 Å². The van der Waals surface area contributed by atoms with Crippen LogP contribution in [0.2, 0.25) is 0 Å². The Morgan fingerprint density at radius 1 is 0.633 bits per heavy atom. The van der Waals surface area contributed by atoms with E-state index >= 15 is 0 Å². The van der Waals surface area contributed by atoms with Gasteiger partial charge in [-0.15, -0.1) is 0 Å². The fourth-order valence-electron chi connectivity index (χ4n) is 3.85. The van der Waals surface area contributed by atoms with Gasteiger partial charge < -0.3 is 5.11 Å². The smallest absolute Gasteiger partial charge is 0.131 e. The standard InChI is InChI=1S/C29H40O/c1-2-3-4-5-6-7-8-9-10-11-12-13-15-20-27-22-24-28(29(30)25-27)23-21-26-18-16-14-17-19-26/h14,16-19,22,24-25,30H,2-13,15,20H2,1H3. The molecule has 2 aromatic rings. The Bertz CT molecular complexity index is 751. The van der Waals surface area contributed by atoms with E-state index in [4.69, 9.17) is 0 Å². The van der Waals surface area contributed by atoms with E-state index in [1.165, 1.54) is 89.0 Å². The highest BCUT2D eigenvalue weighted by molar-refractivity contribution is 5.50. The topological polar surface area (TPSA) is 20.2 Å². The first kappa shape index (κ1) is 24.1. The van der Waals surface area contributed by atoms with Gasteiger partial charge in [-0.3, -0.25) is 0 Å². The Morgan fingerprint density at radius 3 is 1.77 bits per heavy atom. The normalized spacial score (nSPS) is 10.6. The van der Waals surface area contributed by atoms with Gasteiger partial charge in [0.1, 0.15) is 5.75 Å². The van der Waals surface area contributed by atoms with Crippen molar-refractivity contribution in [3.05, 3.63) is 65.2 Å². The van der Waals surface area contributed by atoms with E-state index in [0.29, 0.717) is 11.3 Å². The molecule has 0 spiro atoms. The molecule has 0 aliphatic carbocycles. The van der Waals surface area contributed by atoms with Crippen molar-refractivity contribution in [2.45, 2.75) is 96.8 Å². The first-order valence-electron chi connectivity index (χ1n) is 12.2. The van der Waals surface area contributed by atoms with Gasteiger partial charge in [0.25, 0.3) is 0 Å². The summed E-state index contributed by atoms with van der Waals surface area (Å²) in [5, 5.41) is 10.3. The van der Waals surface area contributed by atoms with E-state index < -0.39 is 0 Å². The Balaban J connectivity index is 1.53. The van der Waals surface area contributed by atoms with Crippen LogP contribution in [0.5, 0.6) is 5.75 Å². The van der Waals surface area contributed by atoms with Crippen molar-refractivity contribution in [3.8, 4) is 17.6 Å². The zero-order chi connectivity index (χ0) is 21.3. The molecule has 0 aromatic heterocycles. The number of aromatic hydroxyl groups is 1. The average Bonchev–Trinajstić information content (AvgIpc) is 2.77. The van der Waals surface area contributed by atoms with Gasteiger partial charge in [0.15, 0.2) is 0 Å². The van der Waals surface area contributed by atoms with Crippen molar-refractivity contribution in [2.24, 2.45) is 0 Å². The van der Waals surface area contributed by atoms with Crippen molar-refractivity contribution in [2.75, 3.05) is 0 Å². The first-order valence-corrected chi connectivity index (χ1v) is 12.2. The molecule has 0 unspecified atom stereocenters. The van der Waals surface area contributed by atoms with Crippen LogP contribution in [0.1, 0.15) is 107 Å². The number of hydrogen-bond donors (Lipinski definition) is 1. The molecule has 0 aliphatic rings. The van der Waals surface area contributed by atoms with E-state index in [-0.39, 0.29) is 0 Å². The predicted molar refractivity (Wildman–Crippen MR) is 130 cm³/mol. The molecular weight excluding hydrogens is 364 g/mol. The van der Waals surface area contributed by atoms with Crippen LogP contribution in [0.3, 0.4) is 0 Å². The minimum atomic E-state index is 0.297. The van der Waals surface area contributed by atoms with Crippen LogP contribution in [0.15, 0.2) is 48.5 Å². The fourth-order valence-corrected chi connectivity index (χ4v) is 3.85. The van der Waals surface area contributed by atoms with Gasteiger partial charge in [-0.05, 0) is 42.7 Å². The summed E-state index contributed by atoms with van der Waals surface area (Å²) in [5.41, 5.74) is 2.88. The van der Waals surface area contributed by atoms with Gasteiger partial charge >= 0.3 is 0 Å². The summed E-state index contributed by atoms with van der Waals surface area (Å²) in [5.74, 6) is 6.48. The summed E-state index contributed by atoms with van der Waals surface area (Å²) in [6.45, 7) is 2.28. The van der Waals surface area contributed by atoms with Crippen molar-refractivity contribution < 1.29 is 5.11 Å². The van der Waals surface area contributed by atoms with Crippen molar-refractivity contribution in [1.82, 2.24) is 0 Å². The quantitative estimate of drug-likeness (QED) is 0.247. The molecule has 0 fully saturated rings. The molecule has 0 radical (unpaired) electrons. The average molecular weight is 405 g/mol. The number of phenols is 1. The van der Waals surface area contributed by atoms with E-state index in [0.717, 1.165) is 12.0 Å². The highest BCUT2D eigenvalue weighted by Gasteiger charge is 2.01. The Kier molecular flexibility index (Phi) is 12.5. The molecular formula is C29H40O. The second-order valence-corrected chi connectivity index (χ2v) is 8.46. The summed E-state index contributed by atoms with van der Waals surface area (Å²) in [7, 11) is 0. The Morgan fingerprint density at radius 2 is 1.20 bits per heavy atom. The Hall–Kier alpha value is -2.20. The van der Waals surface area contributed by atoms with Gasteiger partial charge in [0.05, 0.1) is 5.56 Å². The predicted octanol–water partition coefficient (Wildman–Crippen LogP) is 8.43. The van der Waals surface area contributed by atoms with Gasteiger partial charge in [0, 0.05) is 5.56 Å². The third-order valence-corrected chi connectivity index (χ3v) is 5.75. The summed E-state index contributed by atoms with van der Waals surface area (Å²) in [4.78, 5) is 0. The van der Waals surface area contributed by atoms with Crippen LogP contribution in [0, 0.1) is 11.8 Å². The van der Waals surface area contributed by atoms with Gasteiger partial charge in [-0.25, -0.2) is 0 Å². The second kappa shape index (κ2) is 15.6. The highest BCUT2D eigenvalue weighted by Crippen LogP contribution is 2.20. The van der Waals surface area contributed by atoms with E-state index in [1.54, 1.807) is 0 Å². The van der Waals surface area contributed by atoms with Crippen molar-refractivity contribution in [1.29, 1.82) is 0 Å². The van der Waals surface area contributed by atoms with E-state index in [2.05, 4.69) is 24.8 Å². The van der Waals surface area contributed by atoms with E-state index in [9.17, 15) is 5.11 Å². The third-order valence-electron chi connectivity index (χ3n) is 5.75. The number of aryl methyl sites for hydroxylation is 1. The lowest BCUT2D eigenvalue weighted by atomic mass is 10.0. The van der Waals surface area contributed by atoms with Crippen LogP contribution in [0.25, 0.3) is 0 Å². The summed E-state index contributed by atoms with van der Waals surface area (Å²) in [6, 6.07) is 15.8. The zero-order valence-electron chi connectivity index (χ0n) is 19.0. The second-order valence-electron chi connectivity index (χ2n) is 8.46. The van der Waals surface area contributed by atoms with Crippen LogP contribution >= 0.6 is 0 Å². The number of rotatable bonds is 14. The molecule has 1 heteroatoms. The summed E-state index contributed by atoms with van der Waals surface area (Å²) < 4.78 is 0. The van der Waals surface area contributed by atoms with Gasteiger partial charge in [0.2, 0.25) is 0 Å². The molecule has 30 heavy (non-hydrogen) atoms. The summed E-state index contributed by atoms with van der Waals surface area (Å²) in [6.07, 6.45) is 18.9. The molecule has 1 N–H and O–H groups in total. The maximum atomic E-state index is 10.3. The lowest BCUT2D eigenvalue weighted by molar-refractivity contribution is 0.472. The SMILES string of the molecule is CCCCCCCCCCCCCCCc1ccc(C#Cc2ccccc2)c(O)c1. The molecule has 0 amide bonds. The molecule has 0 aliphatic heterocycles. The molecule has 2 aromatic carbocycles. The molecule has 162 valence electrons. The molecule has 2 rings (SSSR count). The highest BCUT2D eigenvalue weighted by atomic mass is 16.3. The summed E-state index contributed by atoms with van der Waals surface area (Å²) >= 11 is 0. The first-order chi connectivity index (χ1) is 14.8. The minimum Gasteiger partial charge on any atom is -0.507 e. The molecule has 0 atom stereocenters. The Labute approximate surface area is 184 Å².